The lowest BCUT2D eigenvalue weighted by molar-refractivity contribution is -0.0117. The van der Waals surface area contributed by atoms with Crippen LogP contribution in [0.2, 0.25) is 0 Å². The van der Waals surface area contributed by atoms with E-state index in [9.17, 15) is 4.79 Å². The molecule has 0 spiro atoms. The second-order valence-corrected chi connectivity index (χ2v) is 8.63. The number of hydrogen-bond donors (Lipinski definition) is 1. The molecule has 0 aromatic heterocycles. The van der Waals surface area contributed by atoms with Crippen LogP contribution in [0.3, 0.4) is 0 Å². The fraction of sp³-hybridized carbons (Fsp3) is 0.944. The maximum Gasteiger partial charge on any atom is 0.410 e. The van der Waals surface area contributed by atoms with Crippen molar-refractivity contribution in [1.29, 1.82) is 0 Å². The summed E-state index contributed by atoms with van der Waals surface area (Å²) in [6.45, 7) is 16.6. The van der Waals surface area contributed by atoms with Crippen LogP contribution in [0.5, 0.6) is 0 Å². The Morgan fingerprint density at radius 2 is 1.74 bits per heavy atom. The largest absolute Gasteiger partial charge is 0.444 e. The van der Waals surface area contributed by atoms with Gasteiger partial charge < -0.3 is 19.7 Å². The Hall–Kier alpha value is -0.810. The summed E-state index contributed by atoms with van der Waals surface area (Å²) >= 11 is 0. The van der Waals surface area contributed by atoms with Gasteiger partial charge in [-0.25, -0.2) is 4.79 Å². The van der Waals surface area contributed by atoms with Crippen molar-refractivity contribution in [3.63, 3.8) is 0 Å². The van der Waals surface area contributed by atoms with Crippen LogP contribution in [0.25, 0.3) is 0 Å². The van der Waals surface area contributed by atoms with Crippen molar-refractivity contribution >= 4 is 6.09 Å². The van der Waals surface area contributed by atoms with E-state index < -0.39 is 5.60 Å². The van der Waals surface area contributed by atoms with Gasteiger partial charge in [-0.2, -0.15) is 0 Å². The highest BCUT2D eigenvalue weighted by molar-refractivity contribution is 5.68. The first kappa shape index (κ1) is 20.2. The molecule has 5 heteroatoms. The summed E-state index contributed by atoms with van der Waals surface area (Å²) < 4.78 is 11.3. The van der Waals surface area contributed by atoms with E-state index in [1.807, 2.05) is 20.8 Å². The van der Waals surface area contributed by atoms with Crippen molar-refractivity contribution in [3.05, 3.63) is 0 Å². The lowest BCUT2D eigenvalue weighted by Gasteiger charge is -2.33. The third kappa shape index (κ3) is 9.82. The van der Waals surface area contributed by atoms with Crippen molar-refractivity contribution in [2.75, 3.05) is 32.8 Å². The standard InChI is InChI=1S/C18H36N2O3/c1-17(2,3)14-19-10-7-13-22-15-8-11-20(12-9-15)16(21)23-18(4,5)6/h15,19H,7-14H2,1-6H3. The van der Waals surface area contributed by atoms with Crippen LogP contribution in [0.4, 0.5) is 4.79 Å². The molecule has 1 aliphatic heterocycles. The van der Waals surface area contributed by atoms with Crippen LogP contribution in [0, 0.1) is 5.41 Å². The fourth-order valence-corrected chi connectivity index (χ4v) is 2.44. The smallest absolute Gasteiger partial charge is 0.410 e. The fourth-order valence-electron chi connectivity index (χ4n) is 2.44. The minimum Gasteiger partial charge on any atom is -0.444 e. The summed E-state index contributed by atoms with van der Waals surface area (Å²) in [5.74, 6) is 0. The lowest BCUT2D eigenvalue weighted by atomic mass is 9.97. The topological polar surface area (TPSA) is 50.8 Å². The van der Waals surface area contributed by atoms with Gasteiger partial charge in [0, 0.05) is 19.7 Å². The second-order valence-electron chi connectivity index (χ2n) is 8.63. The highest BCUT2D eigenvalue weighted by Crippen LogP contribution is 2.17. The molecule has 0 saturated carbocycles. The van der Waals surface area contributed by atoms with Gasteiger partial charge in [0.05, 0.1) is 6.10 Å². The molecule has 0 unspecified atom stereocenters. The number of piperidine rings is 1. The number of carbonyl (C=O) groups excluding carboxylic acids is 1. The molecule has 5 nitrogen and oxygen atoms in total. The van der Waals surface area contributed by atoms with Gasteiger partial charge >= 0.3 is 6.09 Å². The van der Waals surface area contributed by atoms with Gasteiger partial charge in [0.15, 0.2) is 0 Å². The molecule has 1 saturated heterocycles. The van der Waals surface area contributed by atoms with Gasteiger partial charge in [-0.15, -0.1) is 0 Å². The van der Waals surface area contributed by atoms with Gasteiger partial charge in [-0.05, 0) is 58.5 Å². The molecule has 0 radical (unpaired) electrons. The first-order chi connectivity index (χ1) is 10.6. The molecular weight excluding hydrogens is 292 g/mol. The molecule has 0 aromatic rings. The van der Waals surface area contributed by atoms with Crippen molar-refractivity contribution in [3.8, 4) is 0 Å². The molecule has 0 aliphatic carbocycles. The highest BCUT2D eigenvalue weighted by atomic mass is 16.6. The minimum atomic E-state index is -0.426. The highest BCUT2D eigenvalue weighted by Gasteiger charge is 2.26. The third-order valence-corrected chi connectivity index (χ3v) is 3.60. The summed E-state index contributed by atoms with van der Waals surface area (Å²) in [7, 11) is 0. The molecule has 1 heterocycles. The van der Waals surface area contributed by atoms with E-state index in [0.717, 1.165) is 52.0 Å². The van der Waals surface area contributed by atoms with Crippen LogP contribution < -0.4 is 5.32 Å². The van der Waals surface area contributed by atoms with Crippen molar-refractivity contribution < 1.29 is 14.3 Å². The van der Waals surface area contributed by atoms with Gasteiger partial charge in [0.25, 0.3) is 0 Å². The average molecular weight is 328 g/mol. The maximum atomic E-state index is 12.0. The Balaban J connectivity index is 2.09. The number of nitrogens with zero attached hydrogens (tertiary/aromatic N) is 1. The SMILES string of the molecule is CC(C)(C)CNCCCOC1CCN(C(=O)OC(C)(C)C)CC1. The number of amides is 1. The molecule has 1 rings (SSSR count). The minimum absolute atomic E-state index is 0.206. The number of hydrogen-bond acceptors (Lipinski definition) is 4. The van der Waals surface area contributed by atoms with E-state index >= 15 is 0 Å². The Morgan fingerprint density at radius 3 is 2.26 bits per heavy atom. The Labute approximate surface area is 142 Å². The first-order valence-corrected chi connectivity index (χ1v) is 8.87. The second kappa shape index (κ2) is 8.88. The monoisotopic (exact) mass is 328 g/mol. The van der Waals surface area contributed by atoms with Crippen LogP contribution in [-0.2, 0) is 9.47 Å². The number of ether oxygens (including phenoxy) is 2. The van der Waals surface area contributed by atoms with Gasteiger partial charge in [-0.1, -0.05) is 20.8 Å². The molecule has 1 aliphatic rings. The summed E-state index contributed by atoms with van der Waals surface area (Å²) in [5, 5.41) is 3.46. The predicted molar refractivity (Wildman–Crippen MR) is 93.7 cm³/mol. The summed E-state index contributed by atoms with van der Waals surface area (Å²) in [5.41, 5.74) is -0.0974. The number of likely N-dealkylation sites (tertiary alicyclic amines) is 1. The normalized spacial score (nSPS) is 17.4. The van der Waals surface area contributed by atoms with Gasteiger partial charge in [0.2, 0.25) is 0 Å². The number of nitrogens with one attached hydrogen (secondary N) is 1. The Kier molecular flexibility index (Phi) is 7.81. The number of rotatable bonds is 6. The molecule has 136 valence electrons. The average Bonchev–Trinajstić information content (AvgIpc) is 2.40. The summed E-state index contributed by atoms with van der Waals surface area (Å²) in [4.78, 5) is 13.8. The zero-order chi connectivity index (χ0) is 17.5. The molecule has 1 N–H and O–H groups in total. The van der Waals surface area contributed by atoms with E-state index in [-0.39, 0.29) is 12.2 Å². The lowest BCUT2D eigenvalue weighted by Crippen LogP contribution is -2.43. The Bertz CT molecular complexity index is 350. The molecular formula is C18H36N2O3. The maximum absolute atomic E-state index is 12.0. The molecule has 1 fully saturated rings. The van der Waals surface area contributed by atoms with Crippen LogP contribution in [0.15, 0.2) is 0 Å². The van der Waals surface area contributed by atoms with E-state index in [0.29, 0.717) is 5.41 Å². The van der Waals surface area contributed by atoms with Gasteiger partial charge in [-0.3, -0.25) is 0 Å². The zero-order valence-electron chi connectivity index (χ0n) is 15.9. The van der Waals surface area contributed by atoms with E-state index in [4.69, 9.17) is 9.47 Å². The number of carbonyl (C=O) groups is 1. The van der Waals surface area contributed by atoms with Crippen molar-refractivity contribution in [2.24, 2.45) is 5.41 Å². The van der Waals surface area contributed by atoms with Gasteiger partial charge in [0.1, 0.15) is 5.60 Å². The van der Waals surface area contributed by atoms with Crippen molar-refractivity contribution in [1.82, 2.24) is 10.2 Å². The molecule has 1 amide bonds. The quantitative estimate of drug-likeness (QED) is 0.759. The van der Waals surface area contributed by atoms with Crippen molar-refractivity contribution in [2.45, 2.75) is 72.5 Å². The molecule has 0 bridgehead atoms. The van der Waals surface area contributed by atoms with Crippen LogP contribution in [-0.4, -0.2) is 55.5 Å². The van der Waals surface area contributed by atoms with E-state index in [1.54, 1.807) is 4.90 Å². The van der Waals surface area contributed by atoms with E-state index in [1.165, 1.54) is 0 Å². The third-order valence-electron chi connectivity index (χ3n) is 3.60. The molecule has 23 heavy (non-hydrogen) atoms. The van der Waals surface area contributed by atoms with Crippen LogP contribution in [0.1, 0.15) is 60.8 Å². The zero-order valence-corrected chi connectivity index (χ0v) is 15.9. The first-order valence-electron chi connectivity index (χ1n) is 8.87. The van der Waals surface area contributed by atoms with E-state index in [2.05, 4.69) is 26.1 Å². The molecule has 0 atom stereocenters. The summed E-state index contributed by atoms with van der Waals surface area (Å²) in [6.07, 6.45) is 2.89. The molecule has 0 aromatic carbocycles. The summed E-state index contributed by atoms with van der Waals surface area (Å²) in [6, 6.07) is 0. The predicted octanol–water partition coefficient (Wildman–Crippen LogP) is 3.43. The van der Waals surface area contributed by atoms with Crippen LogP contribution >= 0.6 is 0 Å². The Morgan fingerprint density at radius 1 is 1.13 bits per heavy atom.